The molecule has 2 unspecified atom stereocenters. The van der Waals surface area contributed by atoms with Crippen LogP contribution >= 0.6 is 0 Å². The average molecular weight is 223 g/mol. The van der Waals surface area contributed by atoms with E-state index in [0.29, 0.717) is 17.7 Å². The van der Waals surface area contributed by atoms with Crippen LogP contribution < -0.4 is 0 Å². The molecule has 92 valence electrons. The Kier molecular flexibility index (Phi) is 4.39. The van der Waals surface area contributed by atoms with Crippen LogP contribution in [0.5, 0.6) is 0 Å². The first-order valence-corrected chi connectivity index (χ1v) is 7.04. The molecular formula is C14H25NO. The van der Waals surface area contributed by atoms with E-state index in [4.69, 9.17) is 0 Å². The average Bonchev–Trinajstić information content (AvgIpc) is 2.48. The first kappa shape index (κ1) is 12.1. The van der Waals surface area contributed by atoms with E-state index in [0.717, 1.165) is 25.8 Å². The molecule has 2 fully saturated rings. The molecule has 1 aliphatic carbocycles. The molecule has 1 saturated carbocycles. The Morgan fingerprint density at radius 2 is 1.94 bits per heavy atom. The minimum absolute atomic E-state index is 0.356. The van der Waals surface area contributed by atoms with Crippen molar-refractivity contribution >= 4 is 5.78 Å². The van der Waals surface area contributed by atoms with E-state index in [9.17, 15) is 4.79 Å². The standard InChI is InChI=1S/C14H25NO/c1-12-7-3-2-6-10-15(12)11-13-8-4-5-9-14(13)16/h12-13H,2-11H2,1H3. The molecule has 0 aromatic rings. The lowest BCUT2D eigenvalue weighted by molar-refractivity contribution is -0.125. The van der Waals surface area contributed by atoms with E-state index in [1.54, 1.807) is 0 Å². The van der Waals surface area contributed by atoms with Crippen LogP contribution in [0.15, 0.2) is 0 Å². The summed E-state index contributed by atoms with van der Waals surface area (Å²) in [4.78, 5) is 14.4. The second kappa shape index (κ2) is 5.81. The van der Waals surface area contributed by atoms with Crippen molar-refractivity contribution in [3.8, 4) is 0 Å². The normalized spacial score (nSPS) is 33.7. The van der Waals surface area contributed by atoms with Crippen LogP contribution in [0.25, 0.3) is 0 Å². The van der Waals surface area contributed by atoms with Crippen molar-refractivity contribution in [2.75, 3.05) is 13.1 Å². The maximum Gasteiger partial charge on any atom is 0.137 e. The molecule has 0 bridgehead atoms. The summed E-state index contributed by atoms with van der Waals surface area (Å²) in [5.41, 5.74) is 0. The number of ketones is 1. The molecule has 1 saturated heterocycles. The van der Waals surface area contributed by atoms with Gasteiger partial charge in [0.05, 0.1) is 0 Å². The van der Waals surface area contributed by atoms with E-state index in [1.165, 1.54) is 38.6 Å². The summed E-state index contributed by atoms with van der Waals surface area (Å²) in [7, 11) is 0. The molecule has 1 heterocycles. The third-order valence-corrected chi connectivity index (χ3v) is 4.33. The van der Waals surface area contributed by atoms with Gasteiger partial charge in [0.1, 0.15) is 5.78 Å². The zero-order valence-electron chi connectivity index (χ0n) is 10.6. The van der Waals surface area contributed by atoms with Gasteiger partial charge < -0.3 is 0 Å². The highest BCUT2D eigenvalue weighted by Gasteiger charge is 2.26. The van der Waals surface area contributed by atoms with Gasteiger partial charge >= 0.3 is 0 Å². The van der Waals surface area contributed by atoms with Crippen molar-refractivity contribution in [2.45, 2.75) is 64.3 Å². The van der Waals surface area contributed by atoms with Crippen LogP contribution in [0.4, 0.5) is 0 Å². The van der Waals surface area contributed by atoms with E-state index in [2.05, 4.69) is 11.8 Å². The smallest absolute Gasteiger partial charge is 0.137 e. The van der Waals surface area contributed by atoms with Crippen molar-refractivity contribution in [1.82, 2.24) is 4.90 Å². The van der Waals surface area contributed by atoms with E-state index in [1.807, 2.05) is 0 Å². The van der Waals surface area contributed by atoms with Crippen LogP contribution in [0.2, 0.25) is 0 Å². The molecule has 2 aliphatic rings. The second-order valence-electron chi connectivity index (χ2n) is 5.60. The Balaban J connectivity index is 1.88. The Hall–Kier alpha value is -0.370. The summed E-state index contributed by atoms with van der Waals surface area (Å²) in [5, 5.41) is 0. The predicted octanol–water partition coefficient (Wildman–Crippen LogP) is 3.01. The molecule has 2 rings (SSSR count). The number of likely N-dealkylation sites (tertiary alicyclic amines) is 1. The second-order valence-corrected chi connectivity index (χ2v) is 5.60. The summed E-state index contributed by atoms with van der Waals surface area (Å²) >= 11 is 0. The summed E-state index contributed by atoms with van der Waals surface area (Å²) in [6, 6.07) is 0.692. The molecule has 2 nitrogen and oxygen atoms in total. The van der Waals surface area contributed by atoms with E-state index >= 15 is 0 Å². The molecular weight excluding hydrogens is 198 g/mol. The van der Waals surface area contributed by atoms with Gasteiger partial charge in [-0.2, -0.15) is 0 Å². The molecule has 16 heavy (non-hydrogen) atoms. The van der Waals surface area contributed by atoms with Crippen LogP contribution in [-0.2, 0) is 4.79 Å². The molecule has 0 radical (unpaired) electrons. The van der Waals surface area contributed by atoms with Crippen LogP contribution in [0, 0.1) is 5.92 Å². The highest BCUT2D eigenvalue weighted by atomic mass is 16.1. The van der Waals surface area contributed by atoms with Crippen LogP contribution in [-0.4, -0.2) is 29.8 Å². The van der Waals surface area contributed by atoms with Crippen molar-refractivity contribution < 1.29 is 4.79 Å². The molecule has 0 N–H and O–H groups in total. The third-order valence-electron chi connectivity index (χ3n) is 4.33. The summed E-state index contributed by atoms with van der Waals surface area (Å²) in [5.74, 6) is 0.886. The number of Topliss-reactive ketones (excluding diaryl/α,β-unsaturated/α-hetero) is 1. The van der Waals surface area contributed by atoms with Crippen molar-refractivity contribution in [1.29, 1.82) is 0 Å². The Morgan fingerprint density at radius 3 is 2.75 bits per heavy atom. The topological polar surface area (TPSA) is 20.3 Å². The van der Waals surface area contributed by atoms with Gasteiger partial charge in [0.15, 0.2) is 0 Å². The van der Waals surface area contributed by atoms with Gasteiger partial charge in [0.2, 0.25) is 0 Å². The number of hydrogen-bond donors (Lipinski definition) is 0. The van der Waals surface area contributed by atoms with Gasteiger partial charge in [-0.3, -0.25) is 9.69 Å². The van der Waals surface area contributed by atoms with Gasteiger partial charge in [0, 0.05) is 24.9 Å². The summed E-state index contributed by atoms with van der Waals surface area (Å²) in [6.07, 6.45) is 9.76. The van der Waals surface area contributed by atoms with Gasteiger partial charge in [-0.25, -0.2) is 0 Å². The van der Waals surface area contributed by atoms with Gasteiger partial charge in [-0.1, -0.05) is 19.3 Å². The molecule has 0 spiro atoms. The SMILES string of the molecule is CC1CCCCCN1CC1CCCCC1=O. The Bertz CT molecular complexity index is 239. The quantitative estimate of drug-likeness (QED) is 0.717. The van der Waals surface area contributed by atoms with Crippen molar-refractivity contribution in [2.24, 2.45) is 5.92 Å². The number of rotatable bonds is 2. The zero-order valence-corrected chi connectivity index (χ0v) is 10.6. The first-order chi connectivity index (χ1) is 7.77. The van der Waals surface area contributed by atoms with E-state index in [-0.39, 0.29) is 0 Å². The summed E-state index contributed by atoms with van der Waals surface area (Å²) in [6.45, 7) is 4.59. The number of hydrogen-bond acceptors (Lipinski definition) is 2. The number of carbonyl (C=O) groups excluding carboxylic acids is 1. The van der Waals surface area contributed by atoms with Gasteiger partial charge in [-0.15, -0.1) is 0 Å². The van der Waals surface area contributed by atoms with Gasteiger partial charge in [-0.05, 0) is 39.2 Å². The van der Waals surface area contributed by atoms with Crippen LogP contribution in [0.1, 0.15) is 58.3 Å². The minimum Gasteiger partial charge on any atom is -0.300 e. The first-order valence-electron chi connectivity index (χ1n) is 7.04. The molecule has 2 atom stereocenters. The highest BCUT2D eigenvalue weighted by Crippen LogP contribution is 2.24. The summed E-state index contributed by atoms with van der Waals surface area (Å²) < 4.78 is 0. The Labute approximate surface area is 99.4 Å². The van der Waals surface area contributed by atoms with Gasteiger partial charge in [0.25, 0.3) is 0 Å². The third kappa shape index (κ3) is 3.07. The molecule has 2 heteroatoms. The number of nitrogens with zero attached hydrogens (tertiary/aromatic N) is 1. The van der Waals surface area contributed by atoms with E-state index < -0.39 is 0 Å². The monoisotopic (exact) mass is 223 g/mol. The molecule has 0 amide bonds. The fourth-order valence-electron chi connectivity index (χ4n) is 3.14. The zero-order chi connectivity index (χ0) is 11.4. The number of carbonyl (C=O) groups is 1. The molecule has 0 aromatic heterocycles. The van der Waals surface area contributed by atoms with Crippen molar-refractivity contribution in [3.05, 3.63) is 0 Å². The molecule has 1 aliphatic heterocycles. The molecule has 0 aromatic carbocycles. The largest absolute Gasteiger partial charge is 0.300 e. The Morgan fingerprint density at radius 1 is 1.12 bits per heavy atom. The fraction of sp³-hybridized carbons (Fsp3) is 0.929. The highest BCUT2D eigenvalue weighted by molar-refractivity contribution is 5.81. The predicted molar refractivity (Wildman–Crippen MR) is 66.5 cm³/mol. The lowest BCUT2D eigenvalue weighted by atomic mass is 9.87. The minimum atomic E-state index is 0.356. The lowest BCUT2D eigenvalue weighted by Crippen LogP contribution is -2.39. The van der Waals surface area contributed by atoms with Crippen LogP contribution in [0.3, 0.4) is 0 Å². The fourth-order valence-corrected chi connectivity index (χ4v) is 3.14. The van der Waals surface area contributed by atoms with Crippen molar-refractivity contribution in [3.63, 3.8) is 0 Å². The maximum atomic E-state index is 11.8. The maximum absolute atomic E-state index is 11.8. The lowest BCUT2D eigenvalue weighted by Gasteiger charge is -2.32.